The first-order valence-electron chi connectivity index (χ1n) is 1.56. The fourth-order valence-electron chi connectivity index (χ4n) is 0.0962. The molecule has 5 heavy (non-hydrogen) atoms. The van der Waals surface area contributed by atoms with Gasteiger partial charge in [-0.2, -0.15) is 0 Å². The zero-order chi connectivity index (χ0) is 4.12. The largest absolute Gasteiger partial charge is 0.0882 e. The summed E-state index contributed by atoms with van der Waals surface area (Å²) in [6.07, 6.45) is 4.07. The molecule has 0 spiro atoms. The molecule has 0 aliphatic heterocycles. The topological polar surface area (TPSA) is 0 Å². The monoisotopic (exact) mass is 67.1 g/mol. The van der Waals surface area contributed by atoms with Crippen LogP contribution in [0.4, 0.5) is 0 Å². The van der Waals surface area contributed by atoms with Crippen molar-refractivity contribution in [3.8, 4) is 0 Å². The van der Waals surface area contributed by atoms with E-state index in [9.17, 15) is 0 Å². The van der Waals surface area contributed by atoms with E-state index in [1.807, 2.05) is 0 Å². The lowest BCUT2D eigenvalue weighted by Crippen LogP contribution is -1.44. The highest BCUT2D eigenvalue weighted by Crippen LogP contribution is 1.72. The van der Waals surface area contributed by atoms with Gasteiger partial charge in [0.2, 0.25) is 0 Å². The highest BCUT2D eigenvalue weighted by atomic mass is 13.6. The predicted octanol–water partition coefficient (Wildman–Crippen LogP) is 1.48. The maximum Gasteiger partial charge on any atom is -0.0311 e. The van der Waals surface area contributed by atoms with Crippen LogP contribution in [0, 0.1) is 13.8 Å². The molecule has 0 amide bonds. The molecule has 0 aromatic heterocycles. The number of hydrogen-bond donors (Lipinski definition) is 0. The average molecular weight is 67.1 g/mol. The van der Waals surface area contributed by atoms with Crippen molar-refractivity contribution in [1.29, 1.82) is 0 Å². The Hall–Kier alpha value is -0.260. The van der Waals surface area contributed by atoms with E-state index in [2.05, 4.69) is 6.92 Å². The standard InChI is InChI=1S/C5H7/c1-3-5-4-2/h1,4-5H,2-3H2/b5-4+. The van der Waals surface area contributed by atoms with Crippen LogP contribution in [0.5, 0.6) is 0 Å². The highest BCUT2D eigenvalue weighted by molar-refractivity contribution is 4.83. The number of rotatable bonds is 1. The molecule has 0 fully saturated rings. The molecule has 27 valence electrons. The van der Waals surface area contributed by atoms with Crippen molar-refractivity contribution in [1.82, 2.24) is 0 Å². The molecule has 0 atom stereocenters. The molecular weight excluding hydrogens is 60.1 g/mol. The maximum atomic E-state index is 5.01. The molecule has 0 aliphatic carbocycles. The van der Waals surface area contributed by atoms with Crippen molar-refractivity contribution in [2.45, 2.75) is 6.42 Å². The molecule has 0 nitrogen and oxygen atoms in total. The molecular formula is C5H7. The Morgan fingerprint density at radius 1 is 1.80 bits per heavy atom. The van der Waals surface area contributed by atoms with Gasteiger partial charge in [-0.1, -0.05) is 12.2 Å². The minimum Gasteiger partial charge on any atom is -0.0882 e. The minimum atomic E-state index is 0.601. The van der Waals surface area contributed by atoms with Gasteiger partial charge in [-0.25, -0.2) is 0 Å². The molecule has 0 N–H and O–H groups in total. The van der Waals surface area contributed by atoms with E-state index in [0.717, 1.165) is 0 Å². The van der Waals surface area contributed by atoms with E-state index in [1.54, 1.807) is 12.2 Å². The van der Waals surface area contributed by atoms with Gasteiger partial charge in [-0.3, -0.25) is 0 Å². The Kier molecular flexibility index (Phi) is 3.55. The van der Waals surface area contributed by atoms with Crippen LogP contribution in [-0.4, -0.2) is 0 Å². The molecule has 0 saturated heterocycles. The van der Waals surface area contributed by atoms with Crippen LogP contribution < -0.4 is 0 Å². The van der Waals surface area contributed by atoms with E-state index in [4.69, 9.17) is 6.92 Å². The zero-order valence-electron chi connectivity index (χ0n) is 3.15. The molecule has 0 saturated carbocycles. The Labute approximate surface area is 33.5 Å². The Balaban J connectivity index is 2.62. The average Bonchev–Trinajstić information content (AvgIpc) is 1.41. The second kappa shape index (κ2) is 3.74. The summed E-state index contributed by atoms with van der Waals surface area (Å²) < 4.78 is 0. The van der Waals surface area contributed by atoms with Crippen LogP contribution in [0.2, 0.25) is 0 Å². The van der Waals surface area contributed by atoms with E-state index in [0.29, 0.717) is 6.42 Å². The van der Waals surface area contributed by atoms with Gasteiger partial charge in [0, 0.05) is 0 Å². The first kappa shape index (κ1) is 4.74. The first-order chi connectivity index (χ1) is 2.41. The maximum absolute atomic E-state index is 5.01. The zero-order valence-corrected chi connectivity index (χ0v) is 3.15. The van der Waals surface area contributed by atoms with Crippen LogP contribution in [0.25, 0.3) is 0 Å². The summed E-state index contributed by atoms with van der Waals surface area (Å²) in [6.45, 7) is 8.43. The third-order valence-electron chi connectivity index (χ3n) is 0.303. The predicted molar refractivity (Wildman–Crippen MR) is 23.4 cm³/mol. The Bertz CT molecular complexity index is 27.0. The smallest absolute Gasteiger partial charge is 0.0311 e. The molecule has 3 radical (unpaired) electrons. The Morgan fingerprint density at radius 3 is 2.40 bits per heavy atom. The third kappa shape index (κ3) is 3.74. The fraction of sp³-hybridized carbons (Fsp3) is 0.200. The molecule has 0 bridgehead atoms. The van der Waals surface area contributed by atoms with Crippen LogP contribution in [0.15, 0.2) is 12.2 Å². The van der Waals surface area contributed by atoms with Gasteiger partial charge in [0.15, 0.2) is 0 Å². The lowest BCUT2D eigenvalue weighted by atomic mass is 10.4. The van der Waals surface area contributed by atoms with Gasteiger partial charge in [-0.15, -0.1) is 0 Å². The normalized spacial score (nSPS) is 10.0. The molecule has 0 aliphatic rings. The minimum absolute atomic E-state index is 0.601. The van der Waals surface area contributed by atoms with Crippen molar-refractivity contribution in [2.24, 2.45) is 0 Å². The summed E-state index contributed by atoms with van der Waals surface area (Å²) in [4.78, 5) is 0. The number of hydrogen-bond acceptors (Lipinski definition) is 0. The highest BCUT2D eigenvalue weighted by Gasteiger charge is 1.53. The van der Waals surface area contributed by atoms with Crippen LogP contribution in [0.3, 0.4) is 0 Å². The van der Waals surface area contributed by atoms with E-state index < -0.39 is 0 Å². The lowest BCUT2D eigenvalue weighted by Gasteiger charge is -1.64. The molecule has 0 heteroatoms. The number of allylic oxidation sites excluding steroid dienone is 2. The van der Waals surface area contributed by atoms with Crippen LogP contribution in [-0.2, 0) is 0 Å². The summed E-state index contributed by atoms with van der Waals surface area (Å²) in [5.74, 6) is 0. The molecule has 0 aromatic rings. The summed E-state index contributed by atoms with van der Waals surface area (Å²) in [5, 5.41) is 0. The lowest BCUT2D eigenvalue weighted by molar-refractivity contribution is 1.40. The molecule has 0 rings (SSSR count). The van der Waals surface area contributed by atoms with Crippen molar-refractivity contribution in [2.75, 3.05) is 0 Å². The fourth-order valence-corrected chi connectivity index (χ4v) is 0.0962. The second-order valence-corrected chi connectivity index (χ2v) is 0.707. The van der Waals surface area contributed by atoms with Crippen molar-refractivity contribution in [3.05, 3.63) is 26.0 Å². The van der Waals surface area contributed by atoms with Crippen LogP contribution >= 0.6 is 0 Å². The van der Waals surface area contributed by atoms with Gasteiger partial charge in [-0.05, 0) is 20.3 Å². The van der Waals surface area contributed by atoms with E-state index in [-0.39, 0.29) is 0 Å². The molecule has 0 aromatic carbocycles. The van der Waals surface area contributed by atoms with Gasteiger partial charge < -0.3 is 0 Å². The van der Waals surface area contributed by atoms with Gasteiger partial charge in [0.05, 0.1) is 0 Å². The quantitative estimate of drug-likeness (QED) is 0.435. The second-order valence-electron chi connectivity index (χ2n) is 0.707. The first-order valence-corrected chi connectivity index (χ1v) is 1.56. The van der Waals surface area contributed by atoms with E-state index in [1.165, 1.54) is 0 Å². The van der Waals surface area contributed by atoms with Gasteiger partial charge >= 0.3 is 0 Å². The van der Waals surface area contributed by atoms with Crippen molar-refractivity contribution < 1.29 is 0 Å². The summed E-state index contributed by atoms with van der Waals surface area (Å²) >= 11 is 0. The van der Waals surface area contributed by atoms with Gasteiger partial charge in [0.1, 0.15) is 0 Å². The summed E-state index contributed by atoms with van der Waals surface area (Å²) in [6, 6.07) is 0. The van der Waals surface area contributed by atoms with Crippen LogP contribution in [0.1, 0.15) is 6.42 Å². The third-order valence-corrected chi connectivity index (χ3v) is 0.303. The molecule has 0 unspecified atom stereocenters. The summed E-state index contributed by atoms with van der Waals surface area (Å²) in [7, 11) is 0. The van der Waals surface area contributed by atoms with E-state index >= 15 is 0 Å². The SMILES string of the molecule is [CH]C/C=C/[CH2]. The van der Waals surface area contributed by atoms with Gasteiger partial charge in [0.25, 0.3) is 0 Å². The molecule has 0 heterocycles. The van der Waals surface area contributed by atoms with Crippen molar-refractivity contribution in [3.63, 3.8) is 0 Å². The summed E-state index contributed by atoms with van der Waals surface area (Å²) in [5.41, 5.74) is 0. The van der Waals surface area contributed by atoms with Crippen molar-refractivity contribution >= 4 is 0 Å². The Morgan fingerprint density at radius 2 is 2.40 bits per heavy atom.